The van der Waals surface area contributed by atoms with Gasteiger partial charge in [0.25, 0.3) is 0 Å². The molecular formula is C14H20IN3O. The standard InChI is InChI=1S/C14H20IN3O/c15-12-3-1-2-4-13(12)17-14(19)10-18-7-5-11(9-16)6-8-18/h1-4,11H,5-10,16H2,(H,17,19). The number of anilines is 1. The van der Waals surface area contributed by atoms with Crippen molar-refractivity contribution in [3.8, 4) is 0 Å². The van der Waals surface area contributed by atoms with Gasteiger partial charge in [0.05, 0.1) is 12.2 Å². The number of nitrogens with zero attached hydrogens (tertiary/aromatic N) is 1. The molecule has 1 amide bonds. The van der Waals surface area contributed by atoms with E-state index in [1.807, 2.05) is 24.3 Å². The molecule has 1 aromatic rings. The van der Waals surface area contributed by atoms with Crippen LogP contribution >= 0.6 is 22.6 Å². The van der Waals surface area contributed by atoms with Gasteiger partial charge >= 0.3 is 0 Å². The van der Waals surface area contributed by atoms with Gasteiger partial charge in [-0.3, -0.25) is 9.69 Å². The first-order valence-corrected chi connectivity index (χ1v) is 7.73. The van der Waals surface area contributed by atoms with Gasteiger partial charge in [0.1, 0.15) is 0 Å². The Morgan fingerprint density at radius 2 is 2.05 bits per heavy atom. The molecule has 0 saturated carbocycles. The van der Waals surface area contributed by atoms with E-state index in [9.17, 15) is 4.79 Å². The van der Waals surface area contributed by atoms with Crippen LogP contribution in [0.15, 0.2) is 24.3 Å². The SMILES string of the molecule is NCC1CCN(CC(=O)Nc2ccccc2I)CC1. The third-order valence-electron chi connectivity index (χ3n) is 3.56. The highest BCUT2D eigenvalue weighted by Crippen LogP contribution is 2.18. The van der Waals surface area contributed by atoms with Gasteiger partial charge in [0.2, 0.25) is 5.91 Å². The van der Waals surface area contributed by atoms with Crippen LogP contribution < -0.4 is 11.1 Å². The van der Waals surface area contributed by atoms with Crippen molar-refractivity contribution in [2.75, 3.05) is 31.5 Å². The normalized spacial score (nSPS) is 17.4. The fraction of sp³-hybridized carbons (Fsp3) is 0.500. The number of amides is 1. The maximum absolute atomic E-state index is 12.0. The molecule has 0 bridgehead atoms. The van der Waals surface area contributed by atoms with Gasteiger partial charge in [-0.2, -0.15) is 0 Å². The number of carbonyl (C=O) groups is 1. The van der Waals surface area contributed by atoms with Gasteiger partial charge in [0, 0.05) is 3.57 Å². The summed E-state index contributed by atoms with van der Waals surface area (Å²) in [7, 11) is 0. The number of carbonyl (C=O) groups excluding carboxylic acids is 1. The molecule has 1 saturated heterocycles. The molecule has 1 fully saturated rings. The van der Waals surface area contributed by atoms with E-state index in [-0.39, 0.29) is 5.91 Å². The molecule has 2 rings (SSSR count). The summed E-state index contributed by atoms with van der Waals surface area (Å²) in [5.41, 5.74) is 6.56. The van der Waals surface area contributed by atoms with E-state index >= 15 is 0 Å². The van der Waals surface area contributed by atoms with Crippen LogP contribution in [0.4, 0.5) is 5.69 Å². The highest BCUT2D eigenvalue weighted by Gasteiger charge is 2.19. The number of nitrogens with one attached hydrogen (secondary N) is 1. The molecule has 1 heterocycles. The van der Waals surface area contributed by atoms with Crippen molar-refractivity contribution in [3.05, 3.63) is 27.8 Å². The Morgan fingerprint density at radius 3 is 2.68 bits per heavy atom. The van der Waals surface area contributed by atoms with Gasteiger partial charge in [-0.05, 0) is 73.1 Å². The monoisotopic (exact) mass is 373 g/mol. The molecule has 0 atom stereocenters. The van der Waals surface area contributed by atoms with Crippen LogP contribution in [0.5, 0.6) is 0 Å². The molecule has 104 valence electrons. The number of nitrogens with two attached hydrogens (primary N) is 1. The zero-order chi connectivity index (χ0) is 13.7. The van der Waals surface area contributed by atoms with E-state index in [2.05, 4.69) is 32.8 Å². The molecule has 0 aromatic heterocycles. The van der Waals surface area contributed by atoms with E-state index in [0.29, 0.717) is 12.5 Å². The second kappa shape index (κ2) is 7.21. The number of hydrogen-bond acceptors (Lipinski definition) is 3. The lowest BCUT2D eigenvalue weighted by molar-refractivity contribution is -0.117. The number of piperidine rings is 1. The summed E-state index contributed by atoms with van der Waals surface area (Å²) >= 11 is 2.23. The van der Waals surface area contributed by atoms with Crippen molar-refractivity contribution >= 4 is 34.2 Å². The van der Waals surface area contributed by atoms with Gasteiger partial charge in [-0.25, -0.2) is 0 Å². The average Bonchev–Trinajstić information content (AvgIpc) is 2.42. The Bertz CT molecular complexity index is 430. The maximum atomic E-state index is 12.0. The van der Waals surface area contributed by atoms with E-state index < -0.39 is 0 Å². The van der Waals surface area contributed by atoms with Crippen LogP contribution in [0.2, 0.25) is 0 Å². The van der Waals surface area contributed by atoms with Gasteiger partial charge < -0.3 is 11.1 Å². The van der Waals surface area contributed by atoms with Crippen molar-refractivity contribution in [3.63, 3.8) is 0 Å². The number of halogens is 1. The first kappa shape index (κ1) is 14.7. The quantitative estimate of drug-likeness (QED) is 0.793. The number of likely N-dealkylation sites (tertiary alicyclic amines) is 1. The fourth-order valence-electron chi connectivity index (χ4n) is 2.34. The molecule has 0 radical (unpaired) electrons. The predicted molar refractivity (Wildman–Crippen MR) is 86.0 cm³/mol. The van der Waals surface area contributed by atoms with Gasteiger partial charge in [-0.15, -0.1) is 0 Å². The molecule has 1 aromatic carbocycles. The van der Waals surface area contributed by atoms with Crippen LogP contribution in [0, 0.1) is 9.49 Å². The number of hydrogen-bond donors (Lipinski definition) is 2. The first-order chi connectivity index (χ1) is 9.19. The highest BCUT2D eigenvalue weighted by atomic mass is 127. The van der Waals surface area contributed by atoms with Gasteiger partial charge in [-0.1, -0.05) is 12.1 Å². The summed E-state index contributed by atoms with van der Waals surface area (Å²) in [6.07, 6.45) is 2.21. The molecule has 0 spiro atoms. The number of rotatable bonds is 4. The lowest BCUT2D eigenvalue weighted by Crippen LogP contribution is -2.40. The lowest BCUT2D eigenvalue weighted by Gasteiger charge is -2.30. The molecular weight excluding hydrogens is 353 g/mol. The minimum absolute atomic E-state index is 0.0651. The Balaban J connectivity index is 1.81. The minimum atomic E-state index is 0.0651. The second-order valence-electron chi connectivity index (χ2n) is 4.98. The Morgan fingerprint density at radius 1 is 1.37 bits per heavy atom. The van der Waals surface area contributed by atoms with Crippen molar-refractivity contribution in [1.29, 1.82) is 0 Å². The van der Waals surface area contributed by atoms with Crippen molar-refractivity contribution in [2.45, 2.75) is 12.8 Å². The minimum Gasteiger partial charge on any atom is -0.330 e. The average molecular weight is 373 g/mol. The van der Waals surface area contributed by atoms with E-state index in [0.717, 1.165) is 41.7 Å². The Labute approximate surface area is 127 Å². The van der Waals surface area contributed by atoms with Crippen molar-refractivity contribution in [1.82, 2.24) is 4.90 Å². The van der Waals surface area contributed by atoms with Crippen LogP contribution in [0.1, 0.15) is 12.8 Å². The summed E-state index contributed by atoms with van der Waals surface area (Å²) in [4.78, 5) is 14.2. The van der Waals surface area contributed by atoms with Crippen molar-refractivity contribution in [2.24, 2.45) is 11.7 Å². The van der Waals surface area contributed by atoms with Crippen LogP contribution in [-0.4, -0.2) is 37.0 Å². The van der Waals surface area contributed by atoms with Crippen LogP contribution in [0.25, 0.3) is 0 Å². The molecule has 1 aliphatic rings. The topological polar surface area (TPSA) is 58.4 Å². The second-order valence-corrected chi connectivity index (χ2v) is 6.15. The third-order valence-corrected chi connectivity index (χ3v) is 4.50. The largest absolute Gasteiger partial charge is 0.330 e. The van der Waals surface area contributed by atoms with Crippen LogP contribution in [0.3, 0.4) is 0 Å². The number of benzene rings is 1. The molecule has 0 unspecified atom stereocenters. The summed E-state index contributed by atoms with van der Waals surface area (Å²) in [5.74, 6) is 0.699. The van der Waals surface area contributed by atoms with E-state index in [1.54, 1.807) is 0 Å². The van der Waals surface area contributed by atoms with E-state index in [1.165, 1.54) is 0 Å². The smallest absolute Gasteiger partial charge is 0.238 e. The zero-order valence-electron chi connectivity index (χ0n) is 10.9. The molecule has 1 aliphatic heterocycles. The van der Waals surface area contributed by atoms with Crippen LogP contribution in [-0.2, 0) is 4.79 Å². The van der Waals surface area contributed by atoms with E-state index in [4.69, 9.17) is 5.73 Å². The molecule has 0 aliphatic carbocycles. The molecule has 4 nitrogen and oxygen atoms in total. The summed E-state index contributed by atoms with van der Waals surface area (Å²) in [5, 5.41) is 2.97. The Hall–Kier alpha value is -0.660. The summed E-state index contributed by atoms with van der Waals surface area (Å²) in [6, 6.07) is 7.82. The highest BCUT2D eigenvalue weighted by molar-refractivity contribution is 14.1. The number of para-hydroxylation sites is 1. The summed E-state index contributed by atoms with van der Waals surface area (Å²) in [6.45, 7) is 3.19. The maximum Gasteiger partial charge on any atom is 0.238 e. The summed E-state index contributed by atoms with van der Waals surface area (Å²) < 4.78 is 1.07. The zero-order valence-corrected chi connectivity index (χ0v) is 13.1. The van der Waals surface area contributed by atoms with Gasteiger partial charge in [0.15, 0.2) is 0 Å². The van der Waals surface area contributed by atoms with Crippen molar-refractivity contribution < 1.29 is 4.79 Å². The Kier molecular flexibility index (Phi) is 5.59. The lowest BCUT2D eigenvalue weighted by atomic mass is 9.97. The molecule has 5 heteroatoms. The molecule has 3 N–H and O–H groups in total. The fourth-order valence-corrected chi connectivity index (χ4v) is 2.86. The predicted octanol–water partition coefficient (Wildman–Crippen LogP) is 1.90. The first-order valence-electron chi connectivity index (χ1n) is 6.66. The third kappa shape index (κ3) is 4.43. The molecule has 19 heavy (non-hydrogen) atoms.